The van der Waals surface area contributed by atoms with E-state index in [2.05, 4.69) is 10.6 Å². The fourth-order valence-corrected chi connectivity index (χ4v) is 3.46. The molecule has 1 aliphatic rings. The molecule has 7 heteroatoms. The van der Waals surface area contributed by atoms with E-state index in [9.17, 15) is 14.4 Å². The van der Waals surface area contributed by atoms with Gasteiger partial charge in [-0.2, -0.15) is 0 Å². The topological polar surface area (TPSA) is 87.7 Å². The van der Waals surface area contributed by atoms with Gasteiger partial charge in [0.25, 0.3) is 5.91 Å². The summed E-state index contributed by atoms with van der Waals surface area (Å²) >= 11 is 0. The zero-order chi connectivity index (χ0) is 21.5. The van der Waals surface area contributed by atoms with E-state index >= 15 is 0 Å². The number of amides is 3. The molecule has 1 unspecified atom stereocenters. The number of ether oxygens (including phenoxy) is 1. The van der Waals surface area contributed by atoms with E-state index in [-0.39, 0.29) is 30.2 Å². The molecule has 0 aromatic heterocycles. The van der Waals surface area contributed by atoms with Gasteiger partial charge in [0.05, 0.1) is 5.92 Å². The molecule has 0 radical (unpaired) electrons. The molecule has 1 aliphatic heterocycles. The maximum atomic E-state index is 12.8. The number of piperidine rings is 1. The molecule has 1 fully saturated rings. The molecule has 0 spiro atoms. The number of carbonyl (C=O) groups is 3. The van der Waals surface area contributed by atoms with Crippen LogP contribution in [0.3, 0.4) is 0 Å². The van der Waals surface area contributed by atoms with Crippen LogP contribution in [0.2, 0.25) is 0 Å². The zero-order valence-corrected chi connectivity index (χ0v) is 17.3. The first kappa shape index (κ1) is 21.5. The summed E-state index contributed by atoms with van der Waals surface area (Å²) in [6.45, 7) is 3.03. The third-order valence-electron chi connectivity index (χ3n) is 5.09. The van der Waals surface area contributed by atoms with Gasteiger partial charge in [0.15, 0.2) is 0 Å². The van der Waals surface area contributed by atoms with E-state index in [1.54, 1.807) is 29.2 Å². The number of nitrogens with one attached hydrogen (secondary N) is 2. The number of rotatable bonds is 6. The SMILES string of the molecule is COCC(=O)Nc1ccc(NC(=O)C2CCCN(C(=O)c3ccc(C)cc3)C2)cc1. The van der Waals surface area contributed by atoms with Crippen molar-refractivity contribution in [2.75, 3.05) is 37.4 Å². The quantitative estimate of drug-likeness (QED) is 0.768. The molecular weight excluding hydrogens is 382 g/mol. The van der Waals surface area contributed by atoms with E-state index in [1.807, 2.05) is 31.2 Å². The Balaban J connectivity index is 1.56. The highest BCUT2D eigenvalue weighted by Crippen LogP contribution is 2.21. The van der Waals surface area contributed by atoms with Crippen LogP contribution in [0.5, 0.6) is 0 Å². The van der Waals surface area contributed by atoms with Crippen molar-refractivity contribution in [1.29, 1.82) is 0 Å². The monoisotopic (exact) mass is 409 g/mol. The summed E-state index contributed by atoms with van der Waals surface area (Å²) in [5.74, 6) is -0.639. The average Bonchev–Trinajstić information content (AvgIpc) is 2.75. The first-order chi connectivity index (χ1) is 14.5. The number of aryl methyl sites for hydroxylation is 1. The molecule has 0 saturated carbocycles. The molecule has 1 heterocycles. The molecule has 0 aliphatic carbocycles. The summed E-state index contributed by atoms with van der Waals surface area (Å²) < 4.78 is 4.78. The van der Waals surface area contributed by atoms with Crippen LogP contribution in [-0.4, -0.2) is 49.4 Å². The van der Waals surface area contributed by atoms with Gasteiger partial charge in [-0.25, -0.2) is 0 Å². The molecule has 1 atom stereocenters. The number of anilines is 2. The Hall–Kier alpha value is -3.19. The summed E-state index contributed by atoms with van der Waals surface area (Å²) in [5, 5.41) is 5.61. The van der Waals surface area contributed by atoms with E-state index in [0.717, 1.165) is 18.4 Å². The van der Waals surface area contributed by atoms with Crippen LogP contribution < -0.4 is 10.6 Å². The normalized spacial score (nSPS) is 16.1. The predicted octanol–water partition coefficient (Wildman–Crippen LogP) is 3.07. The lowest BCUT2D eigenvalue weighted by Crippen LogP contribution is -2.43. The molecule has 1 saturated heterocycles. The molecule has 3 amide bonds. The Morgan fingerprint density at radius 2 is 1.63 bits per heavy atom. The Morgan fingerprint density at radius 3 is 2.27 bits per heavy atom. The van der Waals surface area contributed by atoms with Crippen molar-refractivity contribution in [3.05, 3.63) is 59.7 Å². The second-order valence-electron chi connectivity index (χ2n) is 7.50. The molecule has 7 nitrogen and oxygen atoms in total. The highest BCUT2D eigenvalue weighted by Gasteiger charge is 2.29. The van der Waals surface area contributed by atoms with Crippen LogP contribution in [0.1, 0.15) is 28.8 Å². The lowest BCUT2D eigenvalue weighted by Gasteiger charge is -2.32. The number of methoxy groups -OCH3 is 1. The van der Waals surface area contributed by atoms with Crippen molar-refractivity contribution in [3.63, 3.8) is 0 Å². The van der Waals surface area contributed by atoms with Crippen molar-refractivity contribution < 1.29 is 19.1 Å². The fraction of sp³-hybridized carbons (Fsp3) is 0.348. The Kier molecular flexibility index (Phi) is 7.19. The Morgan fingerprint density at radius 1 is 1.00 bits per heavy atom. The first-order valence-corrected chi connectivity index (χ1v) is 10.0. The number of carbonyl (C=O) groups excluding carboxylic acids is 3. The second kappa shape index (κ2) is 10.0. The predicted molar refractivity (Wildman–Crippen MR) is 115 cm³/mol. The molecule has 3 rings (SSSR count). The van der Waals surface area contributed by atoms with Crippen molar-refractivity contribution in [3.8, 4) is 0 Å². The molecular formula is C23H27N3O4. The fourth-order valence-electron chi connectivity index (χ4n) is 3.46. The van der Waals surface area contributed by atoms with Gasteiger partial charge in [-0.3, -0.25) is 14.4 Å². The van der Waals surface area contributed by atoms with Crippen LogP contribution in [0, 0.1) is 12.8 Å². The van der Waals surface area contributed by atoms with E-state index < -0.39 is 0 Å². The van der Waals surface area contributed by atoms with Crippen LogP contribution in [0.25, 0.3) is 0 Å². The van der Waals surface area contributed by atoms with E-state index in [0.29, 0.717) is 30.0 Å². The number of hydrogen-bond donors (Lipinski definition) is 2. The smallest absolute Gasteiger partial charge is 0.253 e. The van der Waals surface area contributed by atoms with Gasteiger partial charge >= 0.3 is 0 Å². The molecule has 0 bridgehead atoms. The number of nitrogens with zero attached hydrogens (tertiary/aromatic N) is 1. The number of hydrogen-bond acceptors (Lipinski definition) is 4. The van der Waals surface area contributed by atoms with Gasteiger partial charge < -0.3 is 20.3 Å². The van der Waals surface area contributed by atoms with Crippen molar-refractivity contribution in [1.82, 2.24) is 4.90 Å². The van der Waals surface area contributed by atoms with Crippen LogP contribution in [-0.2, 0) is 14.3 Å². The first-order valence-electron chi connectivity index (χ1n) is 10.0. The minimum Gasteiger partial charge on any atom is -0.375 e. The standard InChI is InChI=1S/C23H27N3O4/c1-16-5-7-17(8-6-16)23(29)26-13-3-4-18(14-26)22(28)25-20-11-9-19(10-12-20)24-21(27)15-30-2/h5-12,18H,3-4,13-15H2,1-2H3,(H,24,27)(H,25,28). The summed E-state index contributed by atoms with van der Waals surface area (Å²) in [6.07, 6.45) is 1.54. The molecule has 2 aromatic rings. The number of likely N-dealkylation sites (tertiary alicyclic amines) is 1. The van der Waals surface area contributed by atoms with Crippen molar-refractivity contribution in [2.24, 2.45) is 5.92 Å². The van der Waals surface area contributed by atoms with Crippen molar-refractivity contribution in [2.45, 2.75) is 19.8 Å². The van der Waals surface area contributed by atoms with Gasteiger partial charge in [-0.1, -0.05) is 17.7 Å². The summed E-state index contributed by atoms with van der Waals surface area (Å²) in [7, 11) is 1.46. The zero-order valence-electron chi connectivity index (χ0n) is 17.3. The summed E-state index contributed by atoms with van der Waals surface area (Å²) in [4.78, 5) is 38.8. The van der Waals surface area contributed by atoms with E-state index in [4.69, 9.17) is 4.74 Å². The van der Waals surface area contributed by atoms with Crippen molar-refractivity contribution >= 4 is 29.1 Å². The van der Waals surface area contributed by atoms with Gasteiger partial charge in [-0.15, -0.1) is 0 Å². The maximum absolute atomic E-state index is 12.8. The maximum Gasteiger partial charge on any atom is 0.253 e. The molecule has 2 aromatic carbocycles. The number of benzene rings is 2. The lowest BCUT2D eigenvalue weighted by atomic mass is 9.96. The minimum absolute atomic E-state index is 0.0159. The molecule has 2 N–H and O–H groups in total. The highest BCUT2D eigenvalue weighted by molar-refractivity contribution is 5.96. The Labute approximate surface area is 176 Å². The second-order valence-corrected chi connectivity index (χ2v) is 7.50. The van der Waals surface area contributed by atoms with Gasteiger partial charge in [0.1, 0.15) is 6.61 Å². The largest absolute Gasteiger partial charge is 0.375 e. The summed E-state index contributed by atoms with van der Waals surface area (Å²) in [6, 6.07) is 14.4. The van der Waals surface area contributed by atoms with Gasteiger partial charge in [-0.05, 0) is 56.2 Å². The summed E-state index contributed by atoms with van der Waals surface area (Å²) in [5.41, 5.74) is 3.02. The van der Waals surface area contributed by atoms with Gasteiger partial charge in [0, 0.05) is 37.1 Å². The van der Waals surface area contributed by atoms with Crippen LogP contribution in [0.15, 0.2) is 48.5 Å². The highest BCUT2D eigenvalue weighted by atomic mass is 16.5. The third-order valence-corrected chi connectivity index (χ3v) is 5.09. The third kappa shape index (κ3) is 5.67. The lowest BCUT2D eigenvalue weighted by molar-refractivity contribution is -0.121. The molecule has 158 valence electrons. The van der Waals surface area contributed by atoms with E-state index in [1.165, 1.54) is 7.11 Å². The average molecular weight is 409 g/mol. The Bertz CT molecular complexity index is 894. The molecule has 30 heavy (non-hydrogen) atoms. The van der Waals surface area contributed by atoms with Crippen LogP contribution >= 0.6 is 0 Å². The minimum atomic E-state index is -0.255. The van der Waals surface area contributed by atoms with Gasteiger partial charge in [0.2, 0.25) is 11.8 Å². The van der Waals surface area contributed by atoms with Crippen LogP contribution in [0.4, 0.5) is 11.4 Å².